The van der Waals surface area contributed by atoms with Crippen LogP contribution < -0.4 is 5.32 Å². The second-order valence-electron chi connectivity index (χ2n) is 6.70. The molecule has 0 aromatic carbocycles. The molecule has 0 spiro atoms. The van der Waals surface area contributed by atoms with E-state index in [2.05, 4.69) is 24.1 Å². The molecule has 0 aromatic rings. The van der Waals surface area contributed by atoms with Crippen molar-refractivity contribution >= 4 is 12.0 Å². The van der Waals surface area contributed by atoms with Crippen molar-refractivity contribution in [3.8, 4) is 0 Å². The monoisotopic (exact) mass is 299 g/mol. The second kappa shape index (κ2) is 7.11. The zero-order valence-electron chi connectivity index (χ0n) is 13.8. The van der Waals surface area contributed by atoms with Crippen LogP contribution in [0.5, 0.6) is 0 Å². The van der Waals surface area contributed by atoms with E-state index in [-0.39, 0.29) is 6.03 Å². The molecule has 1 fully saturated rings. The molecule has 6 heteroatoms. The summed E-state index contributed by atoms with van der Waals surface area (Å²) in [6.07, 6.45) is 0.947. The highest BCUT2D eigenvalue weighted by Crippen LogP contribution is 2.21. The molecule has 1 aliphatic rings. The number of hydrogen-bond acceptors (Lipinski definition) is 3. The molecule has 0 saturated carbocycles. The summed E-state index contributed by atoms with van der Waals surface area (Å²) in [5.74, 6) is -0.990. The molecular formula is C15H29N3O3. The highest BCUT2D eigenvalue weighted by molar-refractivity contribution is 5.83. The third-order valence-electron chi connectivity index (χ3n) is 4.16. The molecule has 2 unspecified atom stereocenters. The predicted molar refractivity (Wildman–Crippen MR) is 82.3 cm³/mol. The molecular weight excluding hydrogens is 270 g/mol. The van der Waals surface area contributed by atoms with Gasteiger partial charge in [-0.15, -0.1) is 0 Å². The standard InChI is InChI=1S/C15H29N3O3/c1-6-17(7-2)11-8-9-18(10-11)14(21)16-12(13(19)20)15(3,4)5/h11-12H,6-10H2,1-5H3,(H,16,21)(H,19,20). The summed E-state index contributed by atoms with van der Waals surface area (Å²) in [7, 11) is 0. The Morgan fingerprint density at radius 1 is 1.33 bits per heavy atom. The first-order valence-electron chi connectivity index (χ1n) is 7.73. The third-order valence-corrected chi connectivity index (χ3v) is 4.16. The minimum atomic E-state index is -0.990. The number of nitrogens with one attached hydrogen (secondary N) is 1. The van der Waals surface area contributed by atoms with E-state index < -0.39 is 17.4 Å². The number of likely N-dealkylation sites (N-methyl/N-ethyl adjacent to an activating group) is 1. The summed E-state index contributed by atoms with van der Waals surface area (Å²) in [4.78, 5) is 27.7. The average Bonchev–Trinajstić information content (AvgIpc) is 2.85. The molecule has 1 heterocycles. The van der Waals surface area contributed by atoms with Crippen LogP contribution in [0.15, 0.2) is 0 Å². The van der Waals surface area contributed by atoms with Crippen LogP contribution in [0, 0.1) is 5.41 Å². The van der Waals surface area contributed by atoms with E-state index in [0.29, 0.717) is 19.1 Å². The quantitative estimate of drug-likeness (QED) is 0.809. The maximum Gasteiger partial charge on any atom is 0.326 e. The third kappa shape index (κ3) is 4.59. The molecule has 1 aliphatic heterocycles. The van der Waals surface area contributed by atoms with Crippen LogP contribution in [0.1, 0.15) is 41.0 Å². The topological polar surface area (TPSA) is 72.9 Å². The number of urea groups is 1. The van der Waals surface area contributed by atoms with Gasteiger partial charge < -0.3 is 15.3 Å². The Bertz CT molecular complexity index is 375. The minimum Gasteiger partial charge on any atom is -0.480 e. The van der Waals surface area contributed by atoms with Gasteiger partial charge >= 0.3 is 12.0 Å². The van der Waals surface area contributed by atoms with Crippen molar-refractivity contribution < 1.29 is 14.7 Å². The molecule has 122 valence electrons. The number of aliphatic carboxylic acids is 1. The second-order valence-corrected chi connectivity index (χ2v) is 6.70. The van der Waals surface area contributed by atoms with Crippen LogP contribution in [-0.4, -0.2) is 65.2 Å². The number of carbonyl (C=O) groups is 2. The maximum atomic E-state index is 12.3. The Balaban J connectivity index is 2.63. The molecule has 2 amide bonds. The summed E-state index contributed by atoms with van der Waals surface area (Å²) in [5, 5.41) is 11.9. The number of nitrogens with zero attached hydrogens (tertiary/aromatic N) is 2. The molecule has 2 atom stereocenters. The molecule has 6 nitrogen and oxygen atoms in total. The number of rotatable bonds is 5. The summed E-state index contributed by atoms with van der Waals surface area (Å²) >= 11 is 0. The highest BCUT2D eigenvalue weighted by atomic mass is 16.4. The first-order valence-corrected chi connectivity index (χ1v) is 7.73. The lowest BCUT2D eigenvalue weighted by Gasteiger charge is -2.30. The number of likely N-dealkylation sites (tertiary alicyclic amines) is 1. The first kappa shape index (κ1) is 17.8. The van der Waals surface area contributed by atoms with Crippen LogP contribution in [0.3, 0.4) is 0 Å². The number of carbonyl (C=O) groups excluding carboxylic acids is 1. The van der Waals surface area contributed by atoms with E-state index in [9.17, 15) is 14.7 Å². The van der Waals surface area contributed by atoms with E-state index in [1.54, 1.807) is 4.90 Å². The maximum absolute atomic E-state index is 12.3. The molecule has 1 rings (SSSR count). The van der Waals surface area contributed by atoms with Crippen molar-refractivity contribution in [1.82, 2.24) is 15.1 Å². The Morgan fingerprint density at radius 2 is 1.90 bits per heavy atom. The fourth-order valence-electron chi connectivity index (χ4n) is 2.83. The Kier molecular flexibility index (Phi) is 6.01. The summed E-state index contributed by atoms with van der Waals surface area (Å²) in [6, 6.07) is -0.770. The molecule has 1 saturated heterocycles. The van der Waals surface area contributed by atoms with Crippen LogP contribution in [0.4, 0.5) is 4.79 Å². The van der Waals surface area contributed by atoms with Gasteiger partial charge in [0.2, 0.25) is 0 Å². The Morgan fingerprint density at radius 3 is 2.33 bits per heavy atom. The molecule has 0 aromatic heterocycles. The van der Waals surface area contributed by atoms with Gasteiger partial charge in [-0.3, -0.25) is 4.90 Å². The molecule has 0 bridgehead atoms. The van der Waals surface area contributed by atoms with Crippen molar-refractivity contribution in [3.05, 3.63) is 0 Å². The predicted octanol–water partition coefficient (Wildman–Crippen LogP) is 1.61. The van der Waals surface area contributed by atoms with Crippen molar-refractivity contribution in [3.63, 3.8) is 0 Å². The Labute approximate surface area is 127 Å². The van der Waals surface area contributed by atoms with E-state index in [4.69, 9.17) is 0 Å². The van der Waals surface area contributed by atoms with Gasteiger partial charge in [0.25, 0.3) is 0 Å². The number of amides is 2. The van der Waals surface area contributed by atoms with E-state index in [0.717, 1.165) is 19.5 Å². The van der Waals surface area contributed by atoms with Crippen molar-refractivity contribution in [2.75, 3.05) is 26.2 Å². The molecule has 21 heavy (non-hydrogen) atoms. The van der Waals surface area contributed by atoms with Crippen LogP contribution >= 0.6 is 0 Å². The van der Waals surface area contributed by atoms with Crippen LogP contribution in [-0.2, 0) is 4.79 Å². The van der Waals surface area contributed by atoms with E-state index >= 15 is 0 Å². The average molecular weight is 299 g/mol. The molecule has 2 N–H and O–H groups in total. The minimum absolute atomic E-state index is 0.271. The lowest BCUT2D eigenvalue weighted by Crippen LogP contribution is -2.53. The van der Waals surface area contributed by atoms with Crippen molar-refractivity contribution in [1.29, 1.82) is 0 Å². The van der Waals surface area contributed by atoms with E-state index in [1.165, 1.54) is 0 Å². The van der Waals surface area contributed by atoms with Gasteiger partial charge in [0, 0.05) is 19.1 Å². The van der Waals surface area contributed by atoms with Gasteiger partial charge in [0.15, 0.2) is 0 Å². The Hall–Kier alpha value is -1.30. The number of hydrogen-bond donors (Lipinski definition) is 2. The molecule has 0 aliphatic carbocycles. The lowest BCUT2D eigenvalue weighted by atomic mass is 9.87. The smallest absolute Gasteiger partial charge is 0.326 e. The van der Waals surface area contributed by atoms with Gasteiger partial charge in [0.05, 0.1) is 0 Å². The fourth-order valence-corrected chi connectivity index (χ4v) is 2.83. The summed E-state index contributed by atoms with van der Waals surface area (Å²) < 4.78 is 0. The van der Waals surface area contributed by atoms with Gasteiger partial charge in [-0.1, -0.05) is 34.6 Å². The first-order chi connectivity index (χ1) is 9.70. The van der Waals surface area contributed by atoms with Crippen molar-refractivity contribution in [2.24, 2.45) is 5.41 Å². The van der Waals surface area contributed by atoms with Gasteiger partial charge in [-0.25, -0.2) is 9.59 Å². The van der Waals surface area contributed by atoms with Crippen molar-refractivity contribution in [2.45, 2.75) is 53.1 Å². The largest absolute Gasteiger partial charge is 0.480 e. The lowest BCUT2D eigenvalue weighted by molar-refractivity contribution is -0.142. The number of carboxylic acids is 1. The van der Waals surface area contributed by atoms with Gasteiger partial charge in [-0.05, 0) is 24.9 Å². The zero-order valence-corrected chi connectivity index (χ0v) is 13.8. The zero-order chi connectivity index (χ0) is 16.2. The van der Waals surface area contributed by atoms with Gasteiger partial charge in [0.1, 0.15) is 6.04 Å². The fraction of sp³-hybridized carbons (Fsp3) is 0.867. The van der Waals surface area contributed by atoms with Crippen LogP contribution in [0.2, 0.25) is 0 Å². The number of carboxylic acid groups (broad SMARTS) is 1. The normalized spacial score (nSPS) is 20.7. The SMILES string of the molecule is CCN(CC)C1CCN(C(=O)NC(C(=O)O)C(C)(C)C)C1. The van der Waals surface area contributed by atoms with Crippen LogP contribution in [0.25, 0.3) is 0 Å². The van der Waals surface area contributed by atoms with Gasteiger partial charge in [-0.2, -0.15) is 0 Å². The summed E-state index contributed by atoms with van der Waals surface area (Å²) in [6.45, 7) is 13.0. The molecule has 0 radical (unpaired) electrons. The van der Waals surface area contributed by atoms with E-state index in [1.807, 2.05) is 20.8 Å². The highest BCUT2D eigenvalue weighted by Gasteiger charge is 2.36. The summed E-state index contributed by atoms with van der Waals surface area (Å²) in [5.41, 5.74) is -0.514.